The molecule has 2 aromatic rings. The Morgan fingerprint density at radius 3 is 2.62 bits per heavy atom. The lowest BCUT2D eigenvalue weighted by molar-refractivity contribution is -0.116. The third-order valence-electron chi connectivity index (χ3n) is 3.16. The molecule has 0 saturated heterocycles. The number of anilines is 2. The first-order valence-corrected chi connectivity index (χ1v) is 6.90. The van der Waals surface area contributed by atoms with Crippen LogP contribution in [0.3, 0.4) is 0 Å². The normalized spacial score (nSPS) is 9.71. The van der Waals surface area contributed by atoms with Gasteiger partial charge < -0.3 is 10.2 Å². The summed E-state index contributed by atoms with van der Waals surface area (Å²) in [5, 5.41) is 3.12. The van der Waals surface area contributed by atoms with E-state index in [1.807, 2.05) is 61.5 Å². The molecule has 0 atom stereocenters. The Hall–Kier alpha value is -2.73. The molecule has 2 rings (SSSR count). The van der Waals surface area contributed by atoms with Crippen molar-refractivity contribution in [2.75, 3.05) is 23.3 Å². The second kappa shape index (κ2) is 7.16. The van der Waals surface area contributed by atoms with Gasteiger partial charge in [0, 0.05) is 23.5 Å². The number of terminal acetylenes is 1. The van der Waals surface area contributed by atoms with Crippen molar-refractivity contribution in [3.63, 3.8) is 0 Å². The summed E-state index contributed by atoms with van der Waals surface area (Å²) in [7, 11) is 0. The average Bonchev–Trinajstić information content (AvgIpc) is 2.55. The maximum Gasteiger partial charge on any atom is 0.246 e. The van der Waals surface area contributed by atoms with Gasteiger partial charge in [0.2, 0.25) is 5.91 Å². The van der Waals surface area contributed by atoms with Crippen molar-refractivity contribution in [2.45, 2.75) is 6.92 Å². The van der Waals surface area contributed by atoms with Crippen molar-refractivity contribution >= 4 is 17.3 Å². The van der Waals surface area contributed by atoms with Crippen molar-refractivity contribution < 1.29 is 4.79 Å². The Morgan fingerprint density at radius 2 is 1.95 bits per heavy atom. The van der Waals surface area contributed by atoms with E-state index in [1.165, 1.54) is 0 Å². The first-order valence-electron chi connectivity index (χ1n) is 6.90. The summed E-state index contributed by atoms with van der Waals surface area (Å²) >= 11 is 0. The van der Waals surface area contributed by atoms with Gasteiger partial charge >= 0.3 is 0 Å². The maximum atomic E-state index is 12.3. The zero-order valence-electron chi connectivity index (χ0n) is 12.0. The molecule has 21 heavy (non-hydrogen) atoms. The van der Waals surface area contributed by atoms with Crippen LogP contribution in [0.5, 0.6) is 0 Å². The van der Waals surface area contributed by atoms with Crippen molar-refractivity contribution in [1.82, 2.24) is 0 Å². The van der Waals surface area contributed by atoms with Crippen LogP contribution in [-0.2, 0) is 4.79 Å². The fraction of sp³-hybridized carbons (Fsp3) is 0.167. The number of para-hydroxylation sites is 1. The van der Waals surface area contributed by atoms with Gasteiger partial charge in [0.15, 0.2) is 0 Å². The molecule has 0 bridgehead atoms. The lowest BCUT2D eigenvalue weighted by Crippen LogP contribution is -2.35. The molecule has 3 heteroatoms. The van der Waals surface area contributed by atoms with E-state index >= 15 is 0 Å². The van der Waals surface area contributed by atoms with Gasteiger partial charge in [0.05, 0.1) is 6.54 Å². The summed E-state index contributed by atoms with van der Waals surface area (Å²) in [6, 6.07) is 17.1. The number of likely N-dealkylation sites (N-methyl/N-ethyl adjacent to an activating group) is 1. The molecule has 106 valence electrons. The number of hydrogen-bond acceptors (Lipinski definition) is 2. The van der Waals surface area contributed by atoms with Gasteiger partial charge in [0.1, 0.15) is 0 Å². The molecule has 2 aromatic carbocycles. The molecule has 0 saturated carbocycles. The molecular formula is C18H18N2O. The van der Waals surface area contributed by atoms with Gasteiger partial charge in [-0.15, -0.1) is 6.42 Å². The number of carbonyl (C=O) groups excluding carboxylic acids is 1. The Kier molecular flexibility index (Phi) is 5.00. The fourth-order valence-corrected chi connectivity index (χ4v) is 2.10. The molecule has 1 amide bonds. The van der Waals surface area contributed by atoms with E-state index in [1.54, 1.807) is 4.90 Å². The Bertz CT molecular complexity index is 644. The highest BCUT2D eigenvalue weighted by molar-refractivity contribution is 5.96. The highest BCUT2D eigenvalue weighted by Crippen LogP contribution is 2.14. The average molecular weight is 278 g/mol. The minimum absolute atomic E-state index is 0.0230. The predicted molar refractivity (Wildman–Crippen MR) is 87.3 cm³/mol. The molecular weight excluding hydrogens is 260 g/mol. The molecule has 0 heterocycles. The van der Waals surface area contributed by atoms with E-state index in [0.29, 0.717) is 6.54 Å². The largest absolute Gasteiger partial charge is 0.376 e. The molecule has 0 spiro atoms. The second-order valence-electron chi connectivity index (χ2n) is 4.55. The van der Waals surface area contributed by atoms with Crippen LogP contribution in [0.2, 0.25) is 0 Å². The van der Waals surface area contributed by atoms with Crippen LogP contribution in [0.25, 0.3) is 0 Å². The van der Waals surface area contributed by atoms with E-state index in [0.717, 1.165) is 16.9 Å². The standard InChI is InChI=1S/C18H18N2O/c1-3-15-9-8-10-16(13-15)19-14-18(21)20(4-2)17-11-6-5-7-12-17/h1,5-13,19H,4,14H2,2H3. The molecule has 0 fully saturated rings. The first kappa shape index (κ1) is 14.7. The zero-order chi connectivity index (χ0) is 15.1. The monoisotopic (exact) mass is 278 g/mol. The number of nitrogens with one attached hydrogen (secondary N) is 1. The molecule has 0 radical (unpaired) electrons. The van der Waals surface area contributed by atoms with E-state index in [4.69, 9.17) is 6.42 Å². The molecule has 0 aliphatic rings. The quantitative estimate of drug-likeness (QED) is 0.852. The Labute approximate surface area is 125 Å². The number of carbonyl (C=O) groups is 1. The van der Waals surface area contributed by atoms with Crippen LogP contribution in [0.1, 0.15) is 12.5 Å². The molecule has 0 aliphatic carbocycles. The van der Waals surface area contributed by atoms with Crippen LogP contribution < -0.4 is 10.2 Å². The first-order chi connectivity index (χ1) is 10.2. The number of nitrogens with zero attached hydrogens (tertiary/aromatic N) is 1. The summed E-state index contributed by atoms with van der Waals surface area (Å²) in [4.78, 5) is 14.1. The van der Waals surface area contributed by atoms with E-state index in [9.17, 15) is 4.79 Å². The zero-order valence-corrected chi connectivity index (χ0v) is 12.0. The minimum atomic E-state index is 0.0230. The van der Waals surface area contributed by atoms with Crippen LogP contribution >= 0.6 is 0 Å². The van der Waals surface area contributed by atoms with Crippen molar-refractivity contribution in [1.29, 1.82) is 0 Å². The minimum Gasteiger partial charge on any atom is -0.376 e. The van der Waals surface area contributed by atoms with Crippen molar-refractivity contribution in [3.05, 3.63) is 60.2 Å². The fourth-order valence-electron chi connectivity index (χ4n) is 2.10. The van der Waals surface area contributed by atoms with Crippen LogP contribution in [0.4, 0.5) is 11.4 Å². The lowest BCUT2D eigenvalue weighted by Gasteiger charge is -2.21. The van der Waals surface area contributed by atoms with Crippen LogP contribution in [0.15, 0.2) is 54.6 Å². The van der Waals surface area contributed by atoms with Gasteiger partial charge in [0.25, 0.3) is 0 Å². The smallest absolute Gasteiger partial charge is 0.246 e. The predicted octanol–water partition coefficient (Wildman–Crippen LogP) is 3.13. The van der Waals surface area contributed by atoms with Gasteiger partial charge in [-0.3, -0.25) is 4.79 Å². The number of benzene rings is 2. The van der Waals surface area contributed by atoms with Crippen LogP contribution in [-0.4, -0.2) is 19.0 Å². The van der Waals surface area contributed by atoms with Gasteiger partial charge in [-0.1, -0.05) is 30.2 Å². The topological polar surface area (TPSA) is 32.3 Å². The summed E-state index contributed by atoms with van der Waals surface area (Å²) in [5.74, 6) is 2.60. The van der Waals surface area contributed by atoms with Gasteiger partial charge in [-0.05, 0) is 37.3 Å². The van der Waals surface area contributed by atoms with Crippen molar-refractivity contribution in [3.8, 4) is 12.3 Å². The number of rotatable bonds is 5. The Balaban J connectivity index is 2.02. The summed E-state index contributed by atoms with van der Waals surface area (Å²) in [6.07, 6.45) is 5.37. The summed E-state index contributed by atoms with van der Waals surface area (Å²) in [6.45, 7) is 2.83. The van der Waals surface area contributed by atoms with E-state index in [-0.39, 0.29) is 12.5 Å². The summed E-state index contributed by atoms with van der Waals surface area (Å²) in [5.41, 5.74) is 2.55. The van der Waals surface area contributed by atoms with E-state index < -0.39 is 0 Å². The maximum absolute atomic E-state index is 12.3. The lowest BCUT2D eigenvalue weighted by atomic mass is 10.2. The molecule has 0 unspecified atom stereocenters. The second-order valence-corrected chi connectivity index (χ2v) is 4.55. The summed E-state index contributed by atoms with van der Waals surface area (Å²) < 4.78 is 0. The molecule has 1 N–H and O–H groups in total. The Morgan fingerprint density at radius 1 is 1.19 bits per heavy atom. The van der Waals surface area contributed by atoms with Crippen LogP contribution in [0, 0.1) is 12.3 Å². The SMILES string of the molecule is C#Cc1cccc(NCC(=O)N(CC)c2ccccc2)c1. The van der Waals surface area contributed by atoms with Gasteiger partial charge in [-0.2, -0.15) is 0 Å². The highest BCUT2D eigenvalue weighted by atomic mass is 16.2. The third-order valence-corrected chi connectivity index (χ3v) is 3.16. The molecule has 0 aliphatic heterocycles. The number of hydrogen-bond donors (Lipinski definition) is 1. The van der Waals surface area contributed by atoms with Crippen molar-refractivity contribution in [2.24, 2.45) is 0 Å². The van der Waals surface area contributed by atoms with Gasteiger partial charge in [-0.25, -0.2) is 0 Å². The third kappa shape index (κ3) is 3.87. The molecule has 0 aromatic heterocycles. The van der Waals surface area contributed by atoms with E-state index in [2.05, 4.69) is 11.2 Å². The highest BCUT2D eigenvalue weighted by Gasteiger charge is 2.12. The number of amides is 1. The molecule has 3 nitrogen and oxygen atoms in total.